The molecule has 2 aliphatic heterocycles. The summed E-state index contributed by atoms with van der Waals surface area (Å²) in [6.45, 7) is 0. The largest absolute Gasteiger partial charge is 0.497 e. The van der Waals surface area contributed by atoms with Gasteiger partial charge in [-0.15, -0.1) is 0 Å². The van der Waals surface area contributed by atoms with E-state index in [1.807, 2.05) is 5.41 Å². The van der Waals surface area contributed by atoms with Crippen molar-refractivity contribution >= 4 is 39.3 Å². The third kappa shape index (κ3) is 3.73. The van der Waals surface area contributed by atoms with Crippen molar-refractivity contribution in [2.45, 2.75) is 11.3 Å². The first-order valence-electron chi connectivity index (χ1n) is 8.59. The summed E-state index contributed by atoms with van der Waals surface area (Å²) in [5, 5.41) is 4.36. The van der Waals surface area contributed by atoms with E-state index >= 15 is 0 Å². The number of nitrogens with one attached hydrogen (secondary N) is 1. The van der Waals surface area contributed by atoms with Crippen LogP contribution in [0.25, 0.3) is 0 Å². The van der Waals surface area contributed by atoms with Gasteiger partial charge in [-0.1, -0.05) is 21.6 Å². The minimum atomic E-state index is -0.766. The number of rotatable bonds is 5. The minimum Gasteiger partial charge on any atom is -0.497 e. The van der Waals surface area contributed by atoms with Gasteiger partial charge in [-0.3, -0.25) is 14.7 Å². The molecule has 8 nitrogen and oxygen atoms in total. The molecule has 2 atom stereocenters. The molecule has 0 spiro atoms. The van der Waals surface area contributed by atoms with E-state index in [2.05, 4.69) is 10.3 Å². The molecule has 1 aromatic carbocycles. The fourth-order valence-electron chi connectivity index (χ4n) is 3.09. The van der Waals surface area contributed by atoms with E-state index in [-0.39, 0.29) is 11.2 Å². The second kappa shape index (κ2) is 8.26. The standard InChI is InChI=1S/C19H17N3O5S2/c1-25-11-5-6-13(15(8-11)26-2)22-14-10-28-29-17(14)16(18(22)23)21-19(24)27-12-4-3-7-20-9-12/h3-10,16-17H,1-2H3,(H,21,24). The smallest absolute Gasteiger partial charge is 0.413 e. The Hall–Kier alpha value is -2.85. The average Bonchev–Trinajstić information content (AvgIpc) is 3.30. The second-order valence-corrected chi connectivity index (χ2v) is 8.35. The lowest BCUT2D eigenvalue weighted by Crippen LogP contribution is -2.46. The zero-order valence-corrected chi connectivity index (χ0v) is 17.2. The number of anilines is 1. The highest BCUT2D eigenvalue weighted by molar-refractivity contribution is 8.78. The molecule has 1 aromatic heterocycles. The number of carbonyl (C=O) groups excluding carboxylic acids is 2. The Labute approximate surface area is 175 Å². The van der Waals surface area contributed by atoms with Crippen molar-refractivity contribution in [2.75, 3.05) is 19.1 Å². The number of methoxy groups -OCH3 is 2. The lowest BCUT2D eigenvalue weighted by atomic mass is 10.2. The van der Waals surface area contributed by atoms with Gasteiger partial charge < -0.3 is 19.5 Å². The Morgan fingerprint density at radius 2 is 2.07 bits per heavy atom. The lowest BCUT2D eigenvalue weighted by molar-refractivity contribution is -0.118. The highest BCUT2D eigenvalue weighted by atomic mass is 33.1. The number of fused-ring (bicyclic) bond motifs is 1. The molecule has 4 rings (SSSR count). The zero-order chi connectivity index (χ0) is 20.4. The normalized spacial score (nSPS) is 20.1. The molecule has 29 heavy (non-hydrogen) atoms. The van der Waals surface area contributed by atoms with Crippen molar-refractivity contribution < 1.29 is 23.8 Å². The SMILES string of the molecule is COc1ccc(N2C(=O)C(NC(=O)Oc3cccnc3)C3SSC=C32)c(OC)c1. The summed E-state index contributed by atoms with van der Waals surface area (Å²) in [5.74, 6) is 1.15. The Morgan fingerprint density at radius 1 is 1.21 bits per heavy atom. The number of hydrogen-bond acceptors (Lipinski definition) is 8. The number of nitrogens with zero attached hydrogens (tertiary/aromatic N) is 2. The number of amides is 2. The van der Waals surface area contributed by atoms with Crippen LogP contribution in [0, 0.1) is 0 Å². The van der Waals surface area contributed by atoms with Crippen LogP contribution in [-0.2, 0) is 4.79 Å². The van der Waals surface area contributed by atoms with E-state index in [0.717, 1.165) is 5.70 Å². The quantitative estimate of drug-likeness (QED) is 0.722. The van der Waals surface area contributed by atoms with Crippen LogP contribution in [-0.4, -0.2) is 42.5 Å². The molecule has 0 aliphatic carbocycles. The highest BCUT2D eigenvalue weighted by Gasteiger charge is 2.49. The molecule has 2 amide bonds. The van der Waals surface area contributed by atoms with Gasteiger partial charge in [-0.05, 0) is 24.3 Å². The maximum absolute atomic E-state index is 13.2. The van der Waals surface area contributed by atoms with Crippen molar-refractivity contribution in [2.24, 2.45) is 0 Å². The Kier molecular flexibility index (Phi) is 5.54. The van der Waals surface area contributed by atoms with Crippen LogP contribution in [0.15, 0.2) is 53.8 Å². The van der Waals surface area contributed by atoms with Crippen molar-refractivity contribution in [1.29, 1.82) is 0 Å². The van der Waals surface area contributed by atoms with Crippen LogP contribution < -0.4 is 24.4 Å². The molecule has 0 radical (unpaired) electrons. The third-order valence-corrected chi connectivity index (χ3v) is 6.83. The van der Waals surface area contributed by atoms with Gasteiger partial charge in [0.1, 0.15) is 17.5 Å². The number of pyridine rings is 1. The molecule has 2 unspecified atom stereocenters. The van der Waals surface area contributed by atoms with Gasteiger partial charge in [0, 0.05) is 23.4 Å². The van der Waals surface area contributed by atoms with Crippen LogP contribution in [0.2, 0.25) is 0 Å². The van der Waals surface area contributed by atoms with E-state index < -0.39 is 12.1 Å². The summed E-state index contributed by atoms with van der Waals surface area (Å²) >= 11 is 0. The summed E-state index contributed by atoms with van der Waals surface area (Å²) in [4.78, 5) is 31.0. The van der Waals surface area contributed by atoms with E-state index in [4.69, 9.17) is 14.2 Å². The van der Waals surface area contributed by atoms with Crippen molar-refractivity contribution in [3.8, 4) is 17.2 Å². The number of hydrogen-bond donors (Lipinski definition) is 1. The predicted octanol–water partition coefficient (Wildman–Crippen LogP) is 3.21. The average molecular weight is 431 g/mol. The monoisotopic (exact) mass is 431 g/mol. The van der Waals surface area contributed by atoms with Gasteiger partial charge in [0.15, 0.2) is 5.75 Å². The first-order chi connectivity index (χ1) is 14.1. The van der Waals surface area contributed by atoms with Crippen molar-refractivity contribution in [3.63, 3.8) is 0 Å². The Morgan fingerprint density at radius 3 is 2.79 bits per heavy atom. The molecule has 0 bridgehead atoms. The molecule has 10 heteroatoms. The van der Waals surface area contributed by atoms with E-state index in [9.17, 15) is 9.59 Å². The highest BCUT2D eigenvalue weighted by Crippen LogP contribution is 2.50. The topological polar surface area (TPSA) is 90.0 Å². The fraction of sp³-hybridized carbons (Fsp3) is 0.211. The van der Waals surface area contributed by atoms with Gasteiger partial charge in [-0.2, -0.15) is 0 Å². The lowest BCUT2D eigenvalue weighted by Gasteiger charge is -2.21. The number of aromatic nitrogens is 1. The number of ether oxygens (including phenoxy) is 3. The first kappa shape index (κ1) is 19.5. The van der Waals surface area contributed by atoms with Crippen molar-refractivity contribution in [3.05, 3.63) is 53.8 Å². The molecule has 1 fully saturated rings. The summed E-state index contributed by atoms with van der Waals surface area (Å²) in [6.07, 6.45) is 2.29. The van der Waals surface area contributed by atoms with Gasteiger partial charge in [-0.25, -0.2) is 4.79 Å². The molecule has 0 saturated carbocycles. The third-order valence-electron chi connectivity index (χ3n) is 4.41. The number of benzene rings is 1. The van der Waals surface area contributed by atoms with Crippen LogP contribution in [0.1, 0.15) is 0 Å². The summed E-state index contributed by atoms with van der Waals surface area (Å²) in [6, 6.07) is 7.74. The van der Waals surface area contributed by atoms with Crippen molar-refractivity contribution in [1.82, 2.24) is 10.3 Å². The Bertz CT molecular complexity index is 970. The predicted molar refractivity (Wildman–Crippen MR) is 111 cm³/mol. The minimum absolute atomic E-state index is 0.235. The van der Waals surface area contributed by atoms with E-state index in [1.54, 1.807) is 48.5 Å². The molecule has 2 aliphatic rings. The van der Waals surface area contributed by atoms with Crippen LogP contribution in [0.5, 0.6) is 17.2 Å². The molecule has 3 heterocycles. The molecule has 2 aromatic rings. The van der Waals surface area contributed by atoms with E-state index in [1.165, 1.54) is 34.9 Å². The molecular weight excluding hydrogens is 414 g/mol. The summed E-state index contributed by atoms with van der Waals surface area (Å²) < 4.78 is 15.9. The maximum atomic E-state index is 13.2. The van der Waals surface area contributed by atoms with Gasteiger partial charge in [0.05, 0.1) is 31.4 Å². The molecular formula is C19H17N3O5S2. The van der Waals surface area contributed by atoms with Crippen LogP contribution in [0.4, 0.5) is 10.5 Å². The van der Waals surface area contributed by atoms with Gasteiger partial charge in [0.2, 0.25) is 0 Å². The van der Waals surface area contributed by atoms with Gasteiger partial charge >= 0.3 is 6.09 Å². The second-order valence-electron chi connectivity index (χ2n) is 6.07. The zero-order valence-electron chi connectivity index (χ0n) is 15.5. The van der Waals surface area contributed by atoms with Gasteiger partial charge in [0.25, 0.3) is 5.91 Å². The summed E-state index contributed by atoms with van der Waals surface area (Å²) in [7, 11) is 6.11. The molecule has 150 valence electrons. The fourth-order valence-corrected chi connectivity index (χ4v) is 5.72. The van der Waals surface area contributed by atoms with Crippen LogP contribution >= 0.6 is 21.6 Å². The number of carbonyl (C=O) groups is 2. The molecule has 1 N–H and O–H groups in total. The van der Waals surface area contributed by atoms with E-state index in [0.29, 0.717) is 22.9 Å². The molecule has 1 saturated heterocycles. The van der Waals surface area contributed by atoms with Crippen LogP contribution in [0.3, 0.4) is 0 Å². The first-order valence-corrected chi connectivity index (χ1v) is 10.9. The summed E-state index contributed by atoms with van der Waals surface area (Å²) in [5.41, 5.74) is 1.38. The Balaban J connectivity index is 1.58. The maximum Gasteiger partial charge on any atom is 0.413 e.